The van der Waals surface area contributed by atoms with Gasteiger partial charge in [0.25, 0.3) is 0 Å². The highest BCUT2D eigenvalue weighted by Crippen LogP contribution is 2.48. The molecule has 3 fully saturated rings. The van der Waals surface area contributed by atoms with E-state index in [1.165, 1.54) is 0 Å². The minimum absolute atomic E-state index is 0.146. The van der Waals surface area contributed by atoms with Crippen molar-refractivity contribution in [2.75, 3.05) is 0 Å². The van der Waals surface area contributed by atoms with Gasteiger partial charge in [0.2, 0.25) is 17.7 Å². The molecule has 0 unspecified atom stereocenters. The van der Waals surface area contributed by atoms with Crippen molar-refractivity contribution < 1.29 is 19.1 Å². The van der Waals surface area contributed by atoms with E-state index in [2.05, 4.69) is 0 Å². The Kier molecular flexibility index (Phi) is 2.45. The van der Waals surface area contributed by atoms with Gasteiger partial charge in [-0.05, 0) is 19.3 Å². The number of imide groups is 1. The highest BCUT2D eigenvalue weighted by atomic mass is 16.5. The fourth-order valence-corrected chi connectivity index (χ4v) is 3.55. The molecule has 0 saturated carbocycles. The molecular weight excluding hydrogens is 236 g/mol. The average molecular weight is 252 g/mol. The van der Waals surface area contributed by atoms with Crippen molar-refractivity contribution in [2.45, 2.75) is 44.4 Å². The molecule has 98 valence electrons. The summed E-state index contributed by atoms with van der Waals surface area (Å²) in [6, 6.07) is -0.810. The third kappa shape index (κ3) is 1.29. The van der Waals surface area contributed by atoms with Crippen LogP contribution in [0.4, 0.5) is 0 Å². The lowest BCUT2D eigenvalue weighted by molar-refractivity contribution is -0.149. The number of fused-ring (bicyclic) bond motifs is 5. The summed E-state index contributed by atoms with van der Waals surface area (Å²) in [5, 5.41) is 0. The smallest absolute Gasteiger partial charge is 0.240 e. The SMILES string of the molecule is CC[C@@H](C(N)=O)N1C(=O)[C@@H]2[C@@H](C1=O)[C@@H]1CC[C@@H]2O1. The van der Waals surface area contributed by atoms with Gasteiger partial charge in [0.15, 0.2) is 0 Å². The van der Waals surface area contributed by atoms with Crippen molar-refractivity contribution in [2.24, 2.45) is 17.6 Å². The van der Waals surface area contributed by atoms with Gasteiger partial charge < -0.3 is 10.5 Å². The topological polar surface area (TPSA) is 89.7 Å². The first kappa shape index (κ1) is 11.6. The summed E-state index contributed by atoms with van der Waals surface area (Å²) >= 11 is 0. The second-order valence-electron chi connectivity index (χ2n) is 5.21. The van der Waals surface area contributed by atoms with Crippen molar-refractivity contribution in [3.63, 3.8) is 0 Å². The molecule has 0 aromatic carbocycles. The standard InChI is InChI=1S/C12H16N2O4/c1-2-5(10(13)15)14-11(16)8-6-3-4-7(18-6)9(8)12(14)17/h5-9H,2-4H2,1H3,(H2,13,15)/t5-,6-,7-,8-,9-/m0/s1. The number of rotatable bonds is 3. The number of amides is 3. The van der Waals surface area contributed by atoms with Crippen molar-refractivity contribution in [1.82, 2.24) is 4.90 Å². The Morgan fingerprint density at radius 2 is 1.83 bits per heavy atom. The Bertz CT molecular complexity index is 408. The van der Waals surface area contributed by atoms with E-state index in [1.54, 1.807) is 6.92 Å². The Balaban J connectivity index is 1.93. The zero-order valence-corrected chi connectivity index (χ0v) is 10.2. The summed E-state index contributed by atoms with van der Waals surface area (Å²) in [5.74, 6) is -1.94. The van der Waals surface area contributed by atoms with Crippen LogP contribution in [0.5, 0.6) is 0 Å². The van der Waals surface area contributed by atoms with Gasteiger partial charge in [-0.15, -0.1) is 0 Å². The molecule has 6 heteroatoms. The van der Waals surface area contributed by atoms with Crippen molar-refractivity contribution in [3.05, 3.63) is 0 Å². The molecule has 2 N–H and O–H groups in total. The molecule has 3 rings (SSSR count). The lowest BCUT2D eigenvalue weighted by atomic mass is 9.81. The van der Waals surface area contributed by atoms with E-state index in [0.29, 0.717) is 6.42 Å². The maximum absolute atomic E-state index is 12.3. The molecule has 3 saturated heterocycles. The Morgan fingerprint density at radius 3 is 2.22 bits per heavy atom. The monoisotopic (exact) mass is 252 g/mol. The number of nitrogens with zero attached hydrogens (tertiary/aromatic N) is 1. The number of likely N-dealkylation sites (tertiary alicyclic amines) is 1. The first-order valence-electron chi connectivity index (χ1n) is 6.38. The maximum atomic E-state index is 12.3. The van der Waals surface area contributed by atoms with Crippen LogP contribution in [0.15, 0.2) is 0 Å². The number of ether oxygens (including phenoxy) is 1. The van der Waals surface area contributed by atoms with E-state index < -0.39 is 11.9 Å². The molecule has 5 atom stereocenters. The Labute approximate surface area is 104 Å². The van der Waals surface area contributed by atoms with Gasteiger partial charge in [0.1, 0.15) is 6.04 Å². The minimum Gasteiger partial charge on any atom is -0.373 e. The molecule has 3 amide bonds. The third-order valence-corrected chi connectivity index (χ3v) is 4.35. The van der Waals surface area contributed by atoms with E-state index in [-0.39, 0.29) is 35.9 Å². The molecule has 3 aliphatic rings. The molecule has 0 radical (unpaired) electrons. The average Bonchev–Trinajstić information content (AvgIpc) is 2.98. The van der Waals surface area contributed by atoms with E-state index in [4.69, 9.17) is 10.5 Å². The van der Waals surface area contributed by atoms with Crippen molar-refractivity contribution in [1.29, 1.82) is 0 Å². The molecule has 0 spiro atoms. The summed E-state index contributed by atoms with van der Waals surface area (Å²) in [6.07, 6.45) is 1.72. The molecule has 0 aromatic rings. The summed E-state index contributed by atoms with van der Waals surface area (Å²) in [6.45, 7) is 1.75. The summed E-state index contributed by atoms with van der Waals surface area (Å²) < 4.78 is 5.62. The number of hydrogen-bond donors (Lipinski definition) is 1. The van der Waals surface area contributed by atoms with Gasteiger partial charge in [-0.3, -0.25) is 19.3 Å². The normalized spacial score (nSPS) is 39.3. The molecule has 3 heterocycles. The van der Waals surface area contributed by atoms with E-state index in [1.807, 2.05) is 0 Å². The van der Waals surface area contributed by atoms with Crippen molar-refractivity contribution in [3.8, 4) is 0 Å². The van der Waals surface area contributed by atoms with E-state index in [9.17, 15) is 14.4 Å². The van der Waals surface area contributed by atoms with Crippen molar-refractivity contribution >= 4 is 17.7 Å². The first-order valence-corrected chi connectivity index (χ1v) is 6.38. The predicted octanol–water partition coefficient (Wildman–Crippen LogP) is -0.587. The van der Waals surface area contributed by atoms with E-state index in [0.717, 1.165) is 17.7 Å². The van der Waals surface area contributed by atoms with Crippen LogP contribution < -0.4 is 5.73 Å². The molecular formula is C12H16N2O4. The van der Waals surface area contributed by atoms with Gasteiger partial charge in [-0.25, -0.2) is 0 Å². The molecule has 18 heavy (non-hydrogen) atoms. The quantitative estimate of drug-likeness (QED) is 0.680. The lowest BCUT2D eigenvalue weighted by Crippen LogP contribution is -2.49. The number of carbonyl (C=O) groups is 3. The Hall–Kier alpha value is -1.43. The fraction of sp³-hybridized carbons (Fsp3) is 0.750. The second kappa shape index (κ2) is 3.78. The highest BCUT2D eigenvalue weighted by Gasteiger charge is 2.63. The maximum Gasteiger partial charge on any atom is 0.240 e. The van der Waals surface area contributed by atoms with Crippen LogP contribution in [0.3, 0.4) is 0 Å². The van der Waals surface area contributed by atoms with Gasteiger partial charge in [-0.1, -0.05) is 6.92 Å². The van der Waals surface area contributed by atoms with Gasteiger partial charge in [0, 0.05) is 0 Å². The zero-order chi connectivity index (χ0) is 13.0. The van der Waals surface area contributed by atoms with Gasteiger partial charge >= 0.3 is 0 Å². The van der Waals surface area contributed by atoms with Crippen LogP contribution in [0.2, 0.25) is 0 Å². The van der Waals surface area contributed by atoms with Crippen LogP contribution in [0, 0.1) is 11.8 Å². The minimum atomic E-state index is -0.810. The highest BCUT2D eigenvalue weighted by molar-refractivity contribution is 6.09. The number of hydrogen-bond acceptors (Lipinski definition) is 4. The second-order valence-corrected chi connectivity index (χ2v) is 5.21. The Morgan fingerprint density at radius 1 is 1.33 bits per heavy atom. The zero-order valence-electron chi connectivity index (χ0n) is 10.2. The van der Waals surface area contributed by atoms with Crippen LogP contribution in [0.25, 0.3) is 0 Å². The van der Waals surface area contributed by atoms with Crippen LogP contribution in [-0.4, -0.2) is 40.9 Å². The number of primary amides is 1. The molecule has 2 bridgehead atoms. The largest absolute Gasteiger partial charge is 0.373 e. The van der Waals surface area contributed by atoms with Gasteiger partial charge in [0.05, 0.1) is 24.0 Å². The fourth-order valence-electron chi connectivity index (χ4n) is 3.55. The predicted molar refractivity (Wildman–Crippen MR) is 60.0 cm³/mol. The molecule has 0 aliphatic carbocycles. The summed E-state index contributed by atoms with van der Waals surface area (Å²) in [4.78, 5) is 37.1. The van der Waals surface area contributed by atoms with Gasteiger partial charge in [-0.2, -0.15) is 0 Å². The van der Waals surface area contributed by atoms with Crippen LogP contribution >= 0.6 is 0 Å². The van der Waals surface area contributed by atoms with E-state index >= 15 is 0 Å². The molecule has 3 aliphatic heterocycles. The lowest BCUT2D eigenvalue weighted by Gasteiger charge is -2.24. The third-order valence-electron chi connectivity index (χ3n) is 4.35. The van der Waals surface area contributed by atoms with Crippen LogP contribution in [0.1, 0.15) is 26.2 Å². The number of nitrogens with two attached hydrogens (primary N) is 1. The number of carbonyl (C=O) groups excluding carboxylic acids is 3. The first-order chi connectivity index (χ1) is 8.56. The molecule has 0 aromatic heterocycles. The summed E-state index contributed by atoms with van der Waals surface area (Å²) in [7, 11) is 0. The van der Waals surface area contributed by atoms with Crippen LogP contribution in [-0.2, 0) is 19.1 Å². The molecule has 6 nitrogen and oxygen atoms in total. The summed E-state index contributed by atoms with van der Waals surface area (Å²) in [5.41, 5.74) is 5.27.